The summed E-state index contributed by atoms with van der Waals surface area (Å²) in [5, 5.41) is 5.91. The Hall–Kier alpha value is -1.29. The first-order valence-corrected chi connectivity index (χ1v) is 6.75. The molecule has 0 aliphatic heterocycles. The van der Waals surface area contributed by atoms with Gasteiger partial charge in [-0.3, -0.25) is 0 Å². The second kappa shape index (κ2) is 6.59. The van der Waals surface area contributed by atoms with E-state index in [1.54, 1.807) is 7.11 Å². The van der Waals surface area contributed by atoms with E-state index in [1.165, 1.54) is 0 Å². The van der Waals surface area contributed by atoms with Gasteiger partial charge >= 0.3 is 6.03 Å². The van der Waals surface area contributed by atoms with E-state index >= 15 is 0 Å². The summed E-state index contributed by atoms with van der Waals surface area (Å²) in [5.41, 5.74) is 0.907. The average molecular weight is 250 g/mol. The van der Waals surface area contributed by atoms with Crippen molar-refractivity contribution < 1.29 is 9.53 Å². The van der Waals surface area contributed by atoms with Crippen molar-refractivity contribution in [2.75, 3.05) is 7.11 Å². The number of nitrogens with one attached hydrogen (secondary N) is 2. The molecule has 0 saturated heterocycles. The van der Waals surface area contributed by atoms with Crippen molar-refractivity contribution in [2.24, 2.45) is 0 Å². The Morgan fingerprint density at radius 2 is 2.06 bits per heavy atom. The van der Waals surface area contributed by atoms with Crippen molar-refractivity contribution in [1.29, 1.82) is 0 Å². The van der Waals surface area contributed by atoms with Crippen LogP contribution in [-0.2, 0) is 4.74 Å². The fourth-order valence-electron chi connectivity index (χ4n) is 2.50. The molecule has 4 heteroatoms. The van der Waals surface area contributed by atoms with Gasteiger partial charge in [0.15, 0.2) is 0 Å². The number of hydrogen-bond acceptors (Lipinski definition) is 2. The number of carbonyl (C=O) groups excluding carboxylic acids is 1. The number of amides is 2. The van der Waals surface area contributed by atoms with Crippen molar-refractivity contribution >= 4 is 6.03 Å². The molecule has 0 spiro atoms. The summed E-state index contributed by atoms with van der Waals surface area (Å²) in [7, 11) is 1.76. The van der Waals surface area contributed by atoms with E-state index in [0.29, 0.717) is 6.10 Å². The van der Waals surface area contributed by atoms with Gasteiger partial charge in [0.25, 0.3) is 0 Å². The molecule has 1 saturated carbocycles. The van der Waals surface area contributed by atoms with Gasteiger partial charge in [-0.05, 0) is 44.6 Å². The molecule has 0 aromatic rings. The second-order valence-corrected chi connectivity index (χ2v) is 4.95. The quantitative estimate of drug-likeness (QED) is 0.808. The molecule has 0 radical (unpaired) electrons. The Morgan fingerprint density at radius 3 is 2.67 bits per heavy atom. The van der Waals surface area contributed by atoms with Crippen LogP contribution in [0, 0.1) is 0 Å². The topological polar surface area (TPSA) is 50.4 Å². The minimum Gasteiger partial charge on any atom is -0.381 e. The number of ether oxygens (including phenoxy) is 1. The van der Waals surface area contributed by atoms with Crippen LogP contribution in [0.25, 0.3) is 0 Å². The molecule has 100 valence electrons. The van der Waals surface area contributed by atoms with Crippen molar-refractivity contribution in [3.8, 4) is 0 Å². The molecule has 2 aliphatic carbocycles. The molecule has 0 aromatic heterocycles. The number of allylic oxidation sites excluding steroid dienone is 3. The fraction of sp³-hybridized carbons (Fsp3) is 0.643. The summed E-state index contributed by atoms with van der Waals surface area (Å²) in [4.78, 5) is 11.8. The Balaban J connectivity index is 1.71. The van der Waals surface area contributed by atoms with Gasteiger partial charge < -0.3 is 15.4 Å². The van der Waals surface area contributed by atoms with E-state index < -0.39 is 0 Å². The van der Waals surface area contributed by atoms with Crippen LogP contribution in [0.1, 0.15) is 38.5 Å². The minimum atomic E-state index is -0.0892. The highest BCUT2D eigenvalue weighted by molar-refractivity contribution is 5.76. The Bertz CT molecular complexity index is 342. The maximum atomic E-state index is 11.8. The van der Waals surface area contributed by atoms with Gasteiger partial charge in [0.2, 0.25) is 0 Å². The zero-order valence-corrected chi connectivity index (χ0v) is 10.9. The first kappa shape index (κ1) is 13.1. The van der Waals surface area contributed by atoms with Crippen LogP contribution < -0.4 is 10.6 Å². The van der Waals surface area contributed by atoms with Gasteiger partial charge in [-0.1, -0.05) is 12.2 Å². The van der Waals surface area contributed by atoms with Gasteiger partial charge in [0, 0.05) is 18.8 Å². The zero-order valence-electron chi connectivity index (χ0n) is 10.9. The smallest absolute Gasteiger partial charge is 0.319 e. The number of rotatable bonds is 3. The summed E-state index contributed by atoms with van der Waals surface area (Å²) in [6.07, 6.45) is 12.6. The van der Waals surface area contributed by atoms with Gasteiger partial charge in [-0.2, -0.15) is 0 Å². The molecular formula is C14H22N2O2. The summed E-state index contributed by atoms with van der Waals surface area (Å²) in [6.45, 7) is 0. The number of hydrogen-bond donors (Lipinski definition) is 2. The van der Waals surface area contributed by atoms with Crippen molar-refractivity contribution in [3.63, 3.8) is 0 Å². The highest BCUT2D eigenvalue weighted by Crippen LogP contribution is 2.20. The van der Waals surface area contributed by atoms with Crippen LogP contribution >= 0.6 is 0 Å². The van der Waals surface area contributed by atoms with E-state index in [-0.39, 0.29) is 12.1 Å². The average Bonchev–Trinajstić information content (AvgIpc) is 2.40. The summed E-state index contributed by atoms with van der Waals surface area (Å²) in [5.74, 6) is 0. The highest BCUT2D eigenvalue weighted by Gasteiger charge is 2.22. The molecule has 0 atom stereocenters. The Kier molecular flexibility index (Phi) is 4.81. The van der Waals surface area contributed by atoms with Crippen LogP contribution in [-0.4, -0.2) is 25.3 Å². The van der Waals surface area contributed by atoms with Crippen molar-refractivity contribution in [1.82, 2.24) is 10.6 Å². The highest BCUT2D eigenvalue weighted by atomic mass is 16.5. The molecule has 0 bridgehead atoms. The summed E-state index contributed by atoms with van der Waals surface area (Å²) in [6, 6.07) is 0.193. The largest absolute Gasteiger partial charge is 0.381 e. The van der Waals surface area contributed by atoms with E-state index in [4.69, 9.17) is 4.74 Å². The van der Waals surface area contributed by atoms with Crippen LogP contribution in [0.5, 0.6) is 0 Å². The Morgan fingerprint density at radius 1 is 1.28 bits per heavy atom. The van der Waals surface area contributed by atoms with Gasteiger partial charge in [0.05, 0.1) is 6.10 Å². The van der Waals surface area contributed by atoms with Crippen LogP contribution in [0.4, 0.5) is 4.79 Å². The monoisotopic (exact) mass is 250 g/mol. The third kappa shape index (κ3) is 3.88. The van der Waals surface area contributed by atoms with E-state index in [9.17, 15) is 4.79 Å². The lowest BCUT2D eigenvalue weighted by Crippen LogP contribution is -2.43. The summed E-state index contributed by atoms with van der Waals surface area (Å²) < 4.78 is 5.32. The molecule has 2 rings (SSSR count). The lowest BCUT2D eigenvalue weighted by atomic mass is 9.93. The second-order valence-electron chi connectivity index (χ2n) is 4.95. The van der Waals surface area contributed by atoms with Crippen molar-refractivity contribution in [3.05, 3.63) is 23.9 Å². The molecule has 2 amide bonds. The fourth-order valence-corrected chi connectivity index (χ4v) is 2.50. The molecule has 4 nitrogen and oxygen atoms in total. The van der Waals surface area contributed by atoms with E-state index in [1.807, 2.05) is 6.08 Å². The van der Waals surface area contributed by atoms with E-state index in [0.717, 1.165) is 44.2 Å². The van der Waals surface area contributed by atoms with E-state index in [2.05, 4.69) is 22.8 Å². The van der Waals surface area contributed by atoms with Gasteiger partial charge in [0.1, 0.15) is 0 Å². The molecule has 0 unspecified atom stereocenters. The molecule has 2 aliphatic rings. The molecule has 0 heterocycles. The number of methoxy groups -OCH3 is 1. The molecule has 0 aromatic carbocycles. The standard InChI is InChI=1S/C14H22N2O2/c1-18-13-9-7-12(8-10-13)16-14(17)15-11-5-3-2-4-6-11/h3,5-6,12-13H,2,4,7-10H2,1H3,(H2,15,16,17). The maximum absolute atomic E-state index is 11.8. The predicted molar refractivity (Wildman–Crippen MR) is 71.2 cm³/mol. The zero-order chi connectivity index (χ0) is 12.8. The SMILES string of the molecule is COC1CCC(NC(=O)NC2=CCCC=C2)CC1. The molecule has 1 fully saturated rings. The Labute approximate surface area is 108 Å². The third-order valence-electron chi connectivity index (χ3n) is 3.60. The van der Waals surface area contributed by atoms with Crippen LogP contribution in [0.15, 0.2) is 23.9 Å². The van der Waals surface area contributed by atoms with Crippen LogP contribution in [0.3, 0.4) is 0 Å². The predicted octanol–water partition coefficient (Wildman–Crippen LogP) is 2.48. The van der Waals surface area contributed by atoms with Gasteiger partial charge in [-0.25, -0.2) is 4.79 Å². The third-order valence-corrected chi connectivity index (χ3v) is 3.60. The lowest BCUT2D eigenvalue weighted by Gasteiger charge is -2.28. The first-order valence-electron chi connectivity index (χ1n) is 6.75. The normalized spacial score (nSPS) is 27.5. The number of urea groups is 1. The number of carbonyl (C=O) groups is 1. The lowest BCUT2D eigenvalue weighted by molar-refractivity contribution is 0.0636. The molecule has 2 N–H and O–H groups in total. The minimum absolute atomic E-state index is 0.0892. The van der Waals surface area contributed by atoms with Crippen molar-refractivity contribution in [2.45, 2.75) is 50.7 Å². The molecule has 18 heavy (non-hydrogen) atoms. The van der Waals surface area contributed by atoms with Gasteiger partial charge in [-0.15, -0.1) is 0 Å². The van der Waals surface area contributed by atoms with Crippen LogP contribution in [0.2, 0.25) is 0 Å². The maximum Gasteiger partial charge on any atom is 0.319 e. The summed E-state index contributed by atoms with van der Waals surface area (Å²) >= 11 is 0. The first-order chi connectivity index (χ1) is 8.78. The molecular weight excluding hydrogens is 228 g/mol.